The summed E-state index contributed by atoms with van der Waals surface area (Å²) in [6.45, 7) is 4.77. The number of rotatable bonds is 5. The number of aromatic nitrogens is 2. The summed E-state index contributed by atoms with van der Waals surface area (Å²) in [6, 6.07) is 16.5. The van der Waals surface area contributed by atoms with Crippen molar-refractivity contribution in [3.63, 3.8) is 0 Å². The lowest BCUT2D eigenvalue weighted by molar-refractivity contribution is 0.0933. The van der Waals surface area contributed by atoms with E-state index in [0.717, 1.165) is 24.4 Å². The highest BCUT2D eigenvalue weighted by Crippen LogP contribution is 2.24. The molecule has 0 saturated carbocycles. The van der Waals surface area contributed by atoms with Gasteiger partial charge < -0.3 is 9.72 Å². The highest BCUT2D eigenvalue weighted by Gasteiger charge is 2.24. The summed E-state index contributed by atoms with van der Waals surface area (Å²) >= 11 is 0. The molecule has 1 aliphatic heterocycles. The van der Waals surface area contributed by atoms with Crippen molar-refractivity contribution in [1.82, 2.24) is 19.6 Å². The normalized spacial score (nSPS) is 16.0. The predicted molar refractivity (Wildman–Crippen MR) is 102 cm³/mol. The van der Waals surface area contributed by atoms with Crippen LogP contribution in [0.1, 0.15) is 40.6 Å². The molecule has 134 valence electrons. The number of nitrogens with zero attached hydrogens (tertiary/aromatic N) is 3. The number of hydrogen-bond acceptors (Lipinski definition) is 3. The van der Waals surface area contributed by atoms with E-state index < -0.39 is 0 Å². The number of fused-ring (bicyclic) bond motifs is 1. The molecule has 1 amide bonds. The number of likely N-dealkylation sites (tertiary alicyclic amines) is 1. The van der Waals surface area contributed by atoms with Crippen molar-refractivity contribution in [2.75, 3.05) is 19.6 Å². The summed E-state index contributed by atoms with van der Waals surface area (Å²) in [5, 5.41) is 3.10. The zero-order chi connectivity index (χ0) is 17.9. The highest BCUT2D eigenvalue weighted by molar-refractivity contribution is 5.92. The molecule has 0 radical (unpaired) electrons. The number of hydrogen-bond donors (Lipinski definition) is 1. The van der Waals surface area contributed by atoms with Crippen LogP contribution in [0.2, 0.25) is 0 Å². The average molecular weight is 348 g/mol. The van der Waals surface area contributed by atoms with E-state index in [1.54, 1.807) is 0 Å². The minimum Gasteiger partial charge on any atom is -0.349 e. The Balaban J connectivity index is 1.51. The van der Waals surface area contributed by atoms with Gasteiger partial charge in [-0.1, -0.05) is 36.4 Å². The lowest BCUT2D eigenvalue weighted by Crippen LogP contribution is -2.36. The van der Waals surface area contributed by atoms with Gasteiger partial charge >= 0.3 is 0 Å². The molecule has 1 aliphatic rings. The third kappa shape index (κ3) is 3.35. The number of imidazole rings is 1. The first-order valence-electron chi connectivity index (χ1n) is 9.24. The Bertz CT molecular complexity index is 897. The van der Waals surface area contributed by atoms with Crippen LogP contribution in [-0.2, 0) is 0 Å². The standard InChI is InChI=1S/C21H24N4O/c1-16-8-7-11-20-23-18(15-25(16)20)21(26)22-14-19(24-12-5-6-13-24)17-9-3-2-4-10-17/h2-4,7-11,15,19H,5-6,12-14H2,1H3,(H,22,26)/t19-/m1/s1. The maximum Gasteiger partial charge on any atom is 0.271 e. The van der Waals surface area contributed by atoms with E-state index in [2.05, 4.69) is 39.5 Å². The zero-order valence-electron chi connectivity index (χ0n) is 15.1. The van der Waals surface area contributed by atoms with Gasteiger partial charge in [0.05, 0.1) is 6.04 Å². The summed E-state index contributed by atoms with van der Waals surface area (Å²) in [7, 11) is 0. The Kier molecular flexibility index (Phi) is 4.71. The number of carbonyl (C=O) groups excluding carboxylic acids is 1. The molecule has 0 unspecified atom stereocenters. The molecule has 1 saturated heterocycles. The molecule has 3 aromatic rings. The van der Waals surface area contributed by atoms with Crippen LogP contribution < -0.4 is 5.32 Å². The van der Waals surface area contributed by atoms with Gasteiger partial charge in [0.1, 0.15) is 11.3 Å². The molecule has 1 atom stereocenters. The number of benzene rings is 1. The third-order valence-electron chi connectivity index (χ3n) is 5.15. The molecule has 5 heteroatoms. The smallest absolute Gasteiger partial charge is 0.271 e. The maximum absolute atomic E-state index is 12.7. The van der Waals surface area contributed by atoms with Crippen molar-refractivity contribution in [1.29, 1.82) is 0 Å². The molecule has 3 heterocycles. The molecule has 1 aromatic carbocycles. The van der Waals surface area contributed by atoms with Crippen LogP contribution in [-0.4, -0.2) is 39.8 Å². The Hall–Kier alpha value is -2.66. The summed E-state index contributed by atoms with van der Waals surface area (Å²) in [5.74, 6) is -0.117. The van der Waals surface area contributed by atoms with Gasteiger partial charge in [0.2, 0.25) is 0 Å². The number of carbonyl (C=O) groups is 1. The molecular formula is C21H24N4O. The van der Waals surface area contributed by atoms with Gasteiger partial charge in [0.15, 0.2) is 0 Å². The third-order valence-corrected chi connectivity index (χ3v) is 5.15. The van der Waals surface area contributed by atoms with Crippen molar-refractivity contribution in [2.24, 2.45) is 0 Å². The van der Waals surface area contributed by atoms with Gasteiger partial charge in [0.25, 0.3) is 5.91 Å². The topological polar surface area (TPSA) is 49.6 Å². The number of nitrogens with one attached hydrogen (secondary N) is 1. The molecule has 0 bridgehead atoms. The summed E-state index contributed by atoms with van der Waals surface area (Å²) in [4.78, 5) is 19.6. The molecule has 4 rings (SSSR count). The Morgan fingerprint density at radius 1 is 1.12 bits per heavy atom. The van der Waals surface area contributed by atoms with E-state index in [0.29, 0.717) is 12.2 Å². The Labute approximate surface area is 153 Å². The maximum atomic E-state index is 12.7. The van der Waals surface area contributed by atoms with Crippen LogP contribution in [0.25, 0.3) is 5.65 Å². The fourth-order valence-corrected chi connectivity index (χ4v) is 3.72. The monoisotopic (exact) mass is 348 g/mol. The number of pyridine rings is 1. The lowest BCUT2D eigenvalue weighted by Gasteiger charge is -2.28. The second-order valence-corrected chi connectivity index (χ2v) is 6.90. The Morgan fingerprint density at radius 2 is 1.88 bits per heavy atom. The molecule has 0 spiro atoms. The van der Waals surface area contributed by atoms with Crippen LogP contribution in [0.5, 0.6) is 0 Å². The van der Waals surface area contributed by atoms with Gasteiger partial charge in [-0.2, -0.15) is 0 Å². The zero-order valence-corrected chi connectivity index (χ0v) is 15.1. The van der Waals surface area contributed by atoms with Crippen molar-refractivity contribution in [3.05, 3.63) is 71.7 Å². The second kappa shape index (κ2) is 7.30. The molecule has 2 aromatic heterocycles. The molecule has 0 aliphatic carbocycles. The first-order chi connectivity index (χ1) is 12.7. The fraction of sp³-hybridized carbons (Fsp3) is 0.333. The van der Waals surface area contributed by atoms with Crippen molar-refractivity contribution in [3.8, 4) is 0 Å². The van der Waals surface area contributed by atoms with Crippen LogP contribution in [0, 0.1) is 6.92 Å². The molecule has 5 nitrogen and oxygen atoms in total. The quantitative estimate of drug-likeness (QED) is 0.770. The lowest BCUT2D eigenvalue weighted by atomic mass is 10.1. The van der Waals surface area contributed by atoms with Gasteiger partial charge in [-0.3, -0.25) is 9.69 Å². The molecule has 1 N–H and O–H groups in total. The summed E-state index contributed by atoms with van der Waals surface area (Å²) < 4.78 is 1.95. The largest absolute Gasteiger partial charge is 0.349 e. The first-order valence-corrected chi connectivity index (χ1v) is 9.24. The van der Waals surface area contributed by atoms with E-state index in [-0.39, 0.29) is 11.9 Å². The van der Waals surface area contributed by atoms with E-state index in [1.807, 2.05) is 41.8 Å². The minimum absolute atomic E-state index is 0.117. The summed E-state index contributed by atoms with van der Waals surface area (Å²) in [5.41, 5.74) is 3.58. The summed E-state index contributed by atoms with van der Waals surface area (Å²) in [6.07, 6.45) is 4.26. The molecule has 26 heavy (non-hydrogen) atoms. The van der Waals surface area contributed by atoms with Crippen molar-refractivity contribution < 1.29 is 4.79 Å². The Morgan fingerprint density at radius 3 is 2.62 bits per heavy atom. The highest BCUT2D eigenvalue weighted by atomic mass is 16.1. The van der Waals surface area contributed by atoms with Crippen molar-refractivity contribution in [2.45, 2.75) is 25.8 Å². The van der Waals surface area contributed by atoms with Crippen LogP contribution in [0.4, 0.5) is 0 Å². The van der Waals surface area contributed by atoms with Crippen LogP contribution in [0.15, 0.2) is 54.7 Å². The number of amides is 1. The fourth-order valence-electron chi connectivity index (χ4n) is 3.72. The van der Waals surface area contributed by atoms with Gasteiger partial charge in [-0.25, -0.2) is 4.98 Å². The van der Waals surface area contributed by atoms with E-state index in [9.17, 15) is 4.79 Å². The minimum atomic E-state index is -0.117. The van der Waals surface area contributed by atoms with Crippen LogP contribution >= 0.6 is 0 Å². The average Bonchev–Trinajstić information content (AvgIpc) is 3.33. The van der Waals surface area contributed by atoms with Gasteiger partial charge in [0, 0.05) is 18.4 Å². The second-order valence-electron chi connectivity index (χ2n) is 6.90. The first kappa shape index (κ1) is 16.8. The molecule has 1 fully saturated rings. The van der Waals surface area contributed by atoms with Crippen molar-refractivity contribution >= 4 is 11.6 Å². The van der Waals surface area contributed by atoms with Gasteiger partial charge in [-0.15, -0.1) is 0 Å². The van der Waals surface area contributed by atoms with E-state index in [4.69, 9.17) is 0 Å². The van der Waals surface area contributed by atoms with E-state index in [1.165, 1.54) is 18.4 Å². The predicted octanol–water partition coefficient (Wildman–Crippen LogP) is 3.21. The number of aryl methyl sites for hydroxylation is 1. The molecular weight excluding hydrogens is 324 g/mol. The SMILES string of the molecule is Cc1cccc2nc(C(=O)NC[C@H](c3ccccc3)N3CCCC3)cn12. The van der Waals surface area contributed by atoms with Crippen LogP contribution in [0.3, 0.4) is 0 Å². The van der Waals surface area contributed by atoms with E-state index >= 15 is 0 Å². The van der Waals surface area contributed by atoms with Gasteiger partial charge in [-0.05, 0) is 50.6 Å².